The summed E-state index contributed by atoms with van der Waals surface area (Å²) in [5, 5.41) is 9.73. The zero-order valence-corrected chi connectivity index (χ0v) is 28.7. The lowest BCUT2D eigenvalue weighted by Crippen LogP contribution is -2.51. The van der Waals surface area contributed by atoms with Crippen LogP contribution in [0, 0.1) is 130 Å². The zero-order chi connectivity index (χ0) is 31.0. The summed E-state index contributed by atoms with van der Waals surface area (Å²) in [5.41, 5.74) is 7.87. The van der Waals surface area contributed by atoms with Crippen LogP contribution in [0.25, 0.3) is 0 Å². The van der Waals surface area contributed by atoms with Gasteiger partial charge < -0.3 is 0 Å². The number of hydrogen-bond acceptors (Lipinski definition) is 1. The number of fused-ring (bicyclic) bond motifs is 13. The van der Waals surface area contributed by atoms with Crippen LogP contribution >= 0.6 is 0 Å². The molecule has 0 saturated heterocycles. The molecule has 0 amide bonds. The molecular formula is C47H53N. The molecule has 9 fully saturated rings. The van der Waals surface area contributed by atoms with Gasteiger partial charge in [-0.25, -0.2) is 0 Å². The monoisotopic (exact) mass is 631 g/mol. The van der Waals surface area contributed by atoms with Crippen molar-refractivity contribution in [3.63, 3.8) is 0 Å². The van der Waals surface area contributed by atoms with Crippen LogP contribution < -0.4 is 0 Å². The van der Waals surface area contributed by atoms with Gasteiger partial charge in [-0.3, -0.25) is 0 Å². The third-order valence-electron chi connectivity index (χ3n) is 19.3. The summed E-state index contributed by atoms with van der Waals surface area (Å²) < 4.78 is 0. The Morgan fingerprint density at radius 2 is 1.23 bits per heavy atom. The number of allylic oxidation sites excluding steroid dienone is 14. The van der Waals surface area contributed by atoms with E-state index in [9.17, 15) is 5.26 Å². The van der Waals surface area contributed by atoms with Crippen LogP contribution in [0.5, 0.6) is 0 Å². The number of rotatable bonds is 0. The van der Waals surface area contributed by atoms with Crippen molar-refractivity contribution in [3.8, 4) is 6.07 Å². The van der Waals surface area contributed by atoms with Crippen molar-refractivity contribution in [1.82, 2.24) is 0 Å². The summed E-state index contributed by atoms with van der Waals surface area (Å²) >= 11 is 0. The van der Waals surface area contributed by atoms with E-state index in [-0.39, 0.29) is 0 Å². The van der Waals surface area contributed by atoms with E-state index in [0.29, 0.717) is 23.7 Å². The Labute approximate surface area is 288 Å². The Morgan fingerprint density at radius 1 is 0.542 bits per heavy atom. The Bertz CT molecular complexity index is 1750. The minimum Gasteiger partial charge on any atom is -0.192 e. The maximum absolute atomic E-state index is 9.73. The normalized spacial score (nSPS) is 57.9. The molecule has 246 valence electrons. The highest BCUT2D eigenvalue weighted by Crippen LogP contribution is 2.74. The van der Waals surface area contributed by atoms with Gasteiger partial charge in [0.25, 0.3) is 0 Å². The standard InChI is InChI=1S/C47H53N/c48-22-23-8-9-27-30-10-11-31-33-13-16-36-40-19-24-20-42-26-5-2-1-4-25(26)28-6-3-7-29(43(28)42)38(24)21-41(40)37-17-14-34(46(33)47(36)37)32-12-15-35(39(27)18-23)44(30)45(31)32/h1,4,8-12,15,18,24-29,33-34,36-47H,2-3,5-7,13-14,16-17,19-21H2. The molecule has 0 aromatic rings. The summed E-state index contributed by atoms with van der Waals surface area (Å²) in [6.45, 7) is 0. The highest BCUT2D eigenvalue weighted by atomic mass is 14.7. The average molecular weight is 632 g/mol. The van der Waals surface area contributed by atoms with Gasteiger partial charge in [-0.1, -0.05) is 77.3 Å². The largest absolute Gasteiger partial charge is 0.192 e. The van der Waals surface area contributed by atoms with E-state index in [0.717, 1.165) is 100 Å². The highest BCUT2D eigenvalue weighted by molar-refractivity contribution is 5.58. The van der Waals surface area contributed by atoms with E-state index in [1.54, 1.807) is 49.7 Å². The van der Waals surface area contributed by atoms with Crippen molar-refractivity contribution in [2.75, 3.05) is 0 Å². The predicted octanol–water partition coefficient (Wildman–Crippen LogP) is 10.4. The lowest BCUT2D eigenvalue weighted by molar-refractivity contribution is -0.0576. The predicted molar refractivity (Wildman–Crippen MR) is 190 cm³/mol. The molecule has 13 aliphatic carbocycles. The Balaban J connectivity index is 0.851. The Hall–Kier alpha value is -2.33. The smallest absolute Gasteiger partial charge is 0.0988 e. The molecule has 48 heavy (non-hydrogen) atoms. The van der Waals surface area contributed by atoms with Crippen LogP contribution in [0.1, 0.15) is 77.0 Å². The third-order valence-corrected chi connectivity index (χ3v) is 19.3. The van der Waals surface area contributed by atoms with E-state index >= 15 is 0 Å². The minimum atomic E-state index is 0.400. The van der Waals surface area contributed by atoms with Gasteiger partial charge in [-0.05, 0) is 171 Å². The molecule has 0 N–H and O–H groups in total. The van der Waals surface area contributed by atoms with Crippen LogP contribution in [-0.2, 0) is 0 Å². The van der Waals surface area contributed by atoms with E-state index < -0.39 is 0 Å². The molecule has 0 aromatic carbocycles. The van der Waals surface area contributed by atoms with Crippen molar-refractivity contribution in [2.45, 2.75) is 77.0 Å². The van der Waals surface area contributed by atoms with E-state index in [1.165, 1.54) is 38.5 Å². The van der Waals surface area contributed by atoms with Crippen molar-refractivity contribution >= 4 is 0 Å². The Kier molecular flexibility index (Phi) is 5.43. The van der Waals surface area contributed by atoms with Crippen LogP contribution in [0.2, 0.25) is 0 Å². The summed E-state index contributed by atoms with van der Waals surface area (Å²) in [7, 11) is 0. The summed E-state index contributed by atoms with van der Waals surface area (Å²) in [6, 6.07) is 2.46. The molecule has 0 spiro atoms. The first-order chi connectivity index (χ1) is 23.8. The summed E-state index contributed by atoms with van der Waals surface area (Å²) in [6.07, 6.45) is 41.1. The molecule has 0 heterocycles. The fourth-order valence-electron chi connectivity index (χ4n) is 18.5. The van der Waals surface area contributed by atoms with Crippen molar-refractivity contribution in [1.29, 1.82) is 5.26 Å². The van der Waals surface area contributed by atoms with Gasteiger partial charge in [-0.15, -0.1) is 0 Å². The quantitative estimate of drug-likeness (QED) is 0.244. The average Bonchev–Trinajstić information content (AvgIpc) is 3.76. The topological polar surface area (TPSA) is 23.8 Å². The number of nitriles is 1. The van der Waals surface area contributed by atoms with Crippen molar-refractivity contribution in [2.24, 2.45) is 118 Å². The Morgan fingerprint density at radius 3 is 2.04 bits per heavy atom. The van der Waals surface area contributed by atoms with E-state index in [1.807, 2.05) is 11.1 Å². The molecule has 0 aliphatic heterocycles. The fraction of sp³-hybridized carbons (Fsp3) is 0.681. The van der Waals surface area contributed by atoms with Crippen LogP contribution in [-0.4, -0.2) is 0 Å². The highest BCUT2D eigenvalue weighted by Gasteiger charge is 2.67. The second kappa shape index (κ2) is 9.51. The molecule has 1 nitrogen and oxygen atoms in total. The van der Waals surface area contributed by atoms with Crippen LogP contribution in [0.15, 0.2) is 82.5 Å². The zero-order valence-electron chi connectivity index (χ0n) is 28.7. The number of nitrogens with zero attached hydrogens (tertiary/aromatic N) is 1. The molecule has 13 rings (SSSR count). The minimum absolute atomic E-state index is 0.400. The first-order valence-electron chi connectivity index (χ1n) is 21.1. The maximum Gasteiger partial charge on any atom is 0.0988 e. The summed E-state index contributed by atoms with van der Waals surface area (Å²) in [5.74, 6) is 18.3. The van der Waals surface area contributed by atoms with Gasteiger partial charge in [0.05, 0.1) is 6.07 Å². The number of hydrogen-bond donors (Lipinski definition) is 0. The SMILES string of the molecule is N#CC1=CC2C3=CC=C4C5CCC6C7CC8C(CC7C7CCC(C9=CC=C(C2C=C1)C3C94)C5C76)CC1C2CCC=CC2C2CCCC8C21. The first kappa shape index (κ1) is 27.4. The molecule has 9 saturated carbocycles. The van der Waals surface area contributed by atoms with Gasteiger partial charge >= 0.3 is 0 Å². The molecule has 0 radical (unpaired) electrons. The van der Waals surface area contributed by atoms with Gasteiger partial charge in [0, 0.05) is 29.2 Å². The molecule has 1 heteroatoms. The molecule has 13 aliphatic rings. The molecule has 0 bridgehead atoms. The van der Waals surface area contributed by atoms with Gasteiger partial charge in [0.2, 0.25) is 0 Å². The molecule has 20 atom stereocenters. The second-order valence-electron chi connectivity index (χ2n) is 19.8. The fourth-order valence-corrected chi connectivity index (χ4v) is 18.5. The van der Waals surface area contributed by atoms with Crippen molar-refractivity contribution < 1.29 is 0 Å². The molecule has 20 unspecified atom stereocenters. The maximum atomic E-state index is 9.73. The lowest BCUT2D eigenvalue weighted by Gasteiger charge is -2.58. The molecule has 0 aromatic heterocycles. The second-order valence-corrected chi connectivity index (χ2v) is 19.8. The van der Waals surface area contributed by atoms with Gasteiger partial charge in [0.15, 0.2) is 0 Å². The molecular weight excluding hydrogens is 579 g/mol. The third kappa shape index (κ3) is 3.20. The van der Waals surface area contributed by atoms with Gasteiger partial charge in [0.1, 0.15) is 0 Å². The van der Waals surface area contributed by atoms with E-state index in [2.05, 4.69) is 60.8 Å². The lowest BCUT2D eigenvalue weighted by atomic mass is 9.46. The van der Waals surface area contributed by atoms with Gasteiger partial charge in [-0.2, -0.15) is 5.26 Å². The first-order valence-corrected chi connectivity index (χ1v) is 21.1. The summed E-state index contributed by atoms with van der Waals surface area (Å²) in [4.78, 5) is 0. The van der Waals surface area contributed by atoms with Crippen LogP contribution in [0.4, 0.5) is 0 Å². The van der Waals surface area contributed by atoms with E-state index in [4.69, 9.17) is 0 Å². The van der Waals surface area contributed by atoms with Crippen molar-refractivity contribution in [3.05, 3.63) is 82.5 Å². The van der Waals surface area contributed by atoms with Crippen LogP contribution in [0.3, 0.4) is 0 Å².